The molecule has 0 aliphatic heterocycles. The van der Waals surface area contributed by atoms with Crippen molar-refractivity contribution in [3.63, 3.8) is 0 Å². The van der Waals surface area contributed by atoms with Crippen LogP contribution in [0.5, 0.6) is 0 Å². The normalized spacial score (nSPS) is 10.6. The lowest BCUT2D eigenvalue weighted by atomic mass is 10.1. The first kappa shape index (κ1) is 15.5. The van der Waals surface area contributed by atoms with Gasteiger partial charge < -0.3 is 10.6 Å². The first-order chi connectivity index (χ1) is 8.82. The molecule has 0 aromatic heterocycles. The lowest BCUT2D eigenvalue weighted by molar-refractivity contribution is 0.0707. The van der Waals surface area contributed by atoms with E-state index in [0.29, 0.717) is 19.0 Å². The summed E-state index contributed by atoms with van der Waals surface area (Å²) >= 11 is 4.76. The van der Waals surface area contributed by atoms with E-state index in [1.54, 1.807) is 13.8 Å². The molecule has 1 aromatic carbocycles. The molecule has 1 amide bonds. The molecule has 0 radical (unpaired) electrons. The molecule has 1 rings (SSSR count). The van der Waals surface area contributed by atoms with Gasteiger partial charge in [-0.25, -0.2) is 8.78 Å². The molecule has 1 aromatic rings. The summed E-state index contributed by atoms with van der Waals surface area (Å²) in [6.07, 6.45) is 0.363. The Labute approximate surface area is 116 Å². The summed E-state index contributed by atoms with van der Waals surface area (Å²) in [5, 5.41) is 0. The highest BCUT2D eigenvalue weighted by Crippen LogP contribution is 2.14. The summed E-state index contributed by atoms with van der Waals surface area (Å²) in [6, 6.07) is 2.76. The number of benzene rings is 1. The second-order valence-electron chi connectivity index (χ2n) is 4.43. The van der Waals surface area contributed by atoms with Crippen molar-refractivity contribution in [3.05, 3.63) is 35.4 Å². The number of rotatable bonds is 5. The zero-order chi connectivity index (χ0) is 14.6. The highest BCUT2D eigenvalue weighted by Gasteiger charge is 2.21. The van der Waals surface area contributed by atoms with E-state index >= 15 is 0 Å². The number of halogens is 2. The number of hydrogen-bond donors (Lipinski definition) is 1. The maximum absolute atomic E-state index is 13.6. The van der Waals surface area contributed by atoms with E-state index < -0.39 is 17.5 Å². The second kappa shape index (κ2) is 6.56. The van der Waals surface area contributed by atoms with E-state index in [1.807, 2.05) is 0 Å². The van der Waals surface area contributed by atoms with E-state index in [-0.39, 0.29) is 16.6 Å². The van der Waals surface area contributed by atoms with Gasteiger partial charge in [-0.15, -0.1) is 0 Å². The fourth-order valence-corrected chi connectivity index (χ4v) is 1.73. The number of nitrogens with zero attached hydrogens (tertiary/aromatic N) is 1. The van der Waals surface area contributed by atoms with Crippen LogP contribution in [0.4, 0.5) is 8.78 Å². The van der Waals surface area contributed by atoms with Gasteiger partial charge in [0, 0.05) is 25.1 Å². The van der Waals surface area contributed by atoms with Crippen LogP contribution < -0.4 is 5.73 Å². The highest BCUT2D eigenvalue weighted by molar-refractivity contribution is 7.80. The van der Waals surface area contributed by atoms with Gasteiger partial charge in [-0.1, -0.05) is 12.2 Å². The molecule has 0 aliphatic carbocycles. The van der Waals surface area contributed by atoms with Gasteiger partial charge in [0.05, 0.1) is 10.6 Å². The topological polar surface area (TPSA) is 46.3 Å². The number of thiocarbonyl (C=S) groups is 1. The molecule has 0 saturated carbocycles. The molecule has 2 N–H and O–H groups in total. The van der Waals surface area contributed by atoms with Crippen molar-refractivity contribution >= 4 is 23.1 Å². The molecule has 0 spiro atoms. The highest BCUT2D eigenvalue weighted by atomic mass is 32.1. The Hall–Kier alpha value is -1.56. The number of carbonyl (C=O) groups is 1. The van der Waals surface area contributed by atoms with E-state index in [9.17, 15) is 13.6 Å². The predicted molar refractivity (Wildman–Crippen MR) is 73.9 cm³/mol. The monoisotopic (exact) mass is 286 g/mol. The molecule has 3 nitrogen and oxygen atoms in total. The molecule has 0 aliphatic rings. The maximum atomic E-state index is 13.6. The van der Waals surface area contributed by atoms with Crippen LogP contribution in [0, 0.1) is 11.6 Å². The minimum absolute atomic E-state index is 0.133. The zero-order valence-electron chi connectivity index (χ0n) is 10.8. The maximum Gasteiger partial charge on any atom is 0.257 e. The van der Waals surface area contributed by atoms with Crippen molar-refractivity contribution < 1.29 is 13.6 Å². The third-order valence-corrected chi connectivity index (χ3v) is 2.85. The Morgan fingerprint density at radius 3 is 2.53 bits per heavy atom. The van der Waals surface area contributed by atoms with Crippen LogP contribution >= 0.6 is 12.2 Å². The summed E-state index contributed by atoms with van der Waals surface area (Å²) in [6.45, 7) is 3.92. The standard InChI is InChI=1S/C13H16F2N2OS/c1-8(2)17(6-5-12(16)19)13(18)10-4-3-9(14)7-11(10)15/h3-4,7-8H,5-6H2,1-2H3,(H2,16,19). The fraction of sp³-hybridized carbons (Fsp3) is 0.385. The number of hydrogen-bond acceptors (Lipinski definition) is 2. The van der Waals surface area contributed by atoms with Gasteiger partial charge in [0.25, 0.3) is 5.91 Å². The van der Waals surface area contributed by atoms with Gasteiger partial charge >= 0.3 is 0 Å². The van der Waals surface area contributed by atoms with Gasteiger partial charge in [0.15, 0.2) is 0 Å². The summed E-state index contributed by atoms with van der Waals surface area (Å²) in [5.41, 5.74) is 5.24. The van der Waals surface area contributed by atoms with E-state index in [0.717, 1.165) is 12.1 Å². The van der Waals surface area contributed by atoms with Crippen molar-refractivity contribution in [3.8, 4) is 0 Å². The average molecular weight is 286 g/mol. The van der Waals surface area contributed by atoms with Gasteiger partial charge in [-0.3, -0.25) is 4.79 Å². The minimum atomic E-state index is -0.869. The molecule has 19 heavy (non-hydrogen) atoms. The van der Waals surface area contributed by atoms with Gasteiger partial charge in [0.2, 0.25) is 0 Å². The lowest BCUT2D eigenvalue weighted by Gasteiger charge is -2.26. The third-order valence-electron chi connectivity index (χ3n) is 2.64. The van der Waals surface area contributed by atoms with Crippen LogP contribution in [0.15, 0.2) is 18.2 Å². The van der Waals surface area contributed by atoms with Gasteiger partial charge in [-0.2, -0.15) is 0 Å². The molecule has 0 atom stereocenters. The Morgan fingerprint density at radius 1 is 1.42 bits per heavy atom. The molecular formula is C13H16F2N2OS. The molecule has 0 bridgehead atoms. The van der Waals surface area contributed by atoms with Crippen LogP contribution in [0.25, 0.3) is 0 Å². The van der Waals surface area contributed by atoms with Crippen LogP contribution in [-0.4, -0.2) is 28.4 Å². The van der Waals surface area contributed by atoms with Crippen LogP contribution in [0.3, 0.4) is 0 Å². The Bertz CT molecular complexity index is 492. The molecular weight excluding hydrogens is 270 g/mol. The number of amides is 1. The zero-order valence-corrected chi connectivity index (χ0v) is 11.6. The quantitative estimate of drug-likeness (QED) is 0.846. The van der Waals surface area contributed by atoms with Gasteiger partial charge in [-0.05, 0) is 26.0 Å². The van der Waals surface area contributed by atoms with Crippen molar-refractivity contribution in [2.75, 3.05) is 6.54 Å². The van der Waals surface area contributed by atoms with Crippen LogP contribution in [0.2, 0.25) is 0 Å². The lowest BCUT2D eigenvalue weighted by Crippen LogP contribution is -2.39. The second-order valence-corrected chi connectivity index (χ2v) is 4.96. The van der Waals surface area contributed by atoms with Crippen LogP contribution in [-0.2, 0) is 0 Å². The van der Waals surface area contributed by atoms with Crippen molar-refractivity contribution in [1.82, 2.24) is 4.90 Å². The predicted octanol–water partition coefficient (Wildman–Crippen LogP) is 2.49. The molecule has 6 heteroatoms. The number of nitrogens with two attached hydrogens (primary N) is 1. The summed E-state index contributed by atoms with van der Waals surface area (Å²) in [5.74, 6) is -2.08. The largest absolute Gasteiger partial charge is 0.393 e. The SMILES string of the molecule is CC(C)N(CCC(N)=S)C(=O)c1ccc(F)cc1F. The summed E-state index contributed by atoms with van der Waals surface area (Å²) in [4.78, 5) is 14.0. The fourth-order valence-electron chi connectivity index (χ4n) is 1.64. The Morgan fingerprint density at radius 2 is 2.05 bits per heavy atom. The summed E-state index contributed by atoms with van der Waals surface area (Å²) in [7, 11) is 0. The molecule has 0 fully saturated rings. The van der Waals surface area contributed by atoms with Crippen molar-refractivity contribution in [2.45, 2.75) is 26.3 Å². The van der Waals surface area contributed by atoms with Crippen LogP contribution in [0.1, 0.15) is 30.6 Å². The molecule has 0 saturated heterocycles. The molecule has 0 unspecified atom stereocenters. The summed E-state index contributed by atoms with van der Waals surface area (Å²) < 4.78 is 26.4. The first-order valence-corrected chi connectivity index (χ1v) is 6.28. The molecule has 0 heterocycles. The van der Waals surface area contributed by atoms with E-state index in [1.165, 1.54) is 4.90 Å². The number of carbonyl (C=O) groups excluding carboxylic acids is 1. The third kappa shape index (κ3) is 4.24. The smallest absolute Gasteiger partial charge is 0.257 e. The van der Waals surface area contributed by atoms with Crippen molar-refractivity contribution in [2.24, 2.45) is 5.73 Å². The van der Waals surface area contributed by atoms with Gasteiger partial charge in [0.1, 0.15) is 11.6 Å². The van der Waals surface area contributed by atoms with Crippen molar-refractivity contribution in [1.29, 1.82) is 0 Å². The average Bonchev–Trinajstić information content (AvgIpc) is 2.27. The molecule has 104 valence electrons. The van der Waals surface area contributed by atoms with E-state index in [2.05, 4.69) is 0 Å². The van der Waals surface area contributed by atoms with E-state index in [4.69, 9.17) is 18.0 Å². The Kier molecular flexibility index (Phi) is 5.35. The Balaban J connectivity index is 2.95. The first-order valence-electron chi connectivity index (χ1n) is 5.87. The minimum Gasteiger partial charge on any atom is -0.393 e.